The minimum Gasteiger partial charge on any atom is -0.464 e. The number of ether oxygens (including phenoxy) is 1. The van der Waals surface area contributed by atoms with Crippen molar-refractivity contribution in [1.82, 2.24) is 19.4 Å². The Balaban J connectivity index is 1.31. The quantitative estimate of drug-likeness (QED) is 0.331. The third-order valence-corrected chi connectivity index (χ3v) is 7.31. The number of rotatable bonds is 6. The van der Waals surface area contributed by atoms with Gasteiger partial charge < -0.3 is 28.5 Å². The van der Waals surface area contributed by atoms with Crippen molar-refractivity contribution in [1.29, 1.82) is 0 Å². The largest absolute Gasteiger partial charge is 0.464 e. The number of nitrogens with zero attached hydrogens (tertiary/aromatic N) is 4. The molecule has 1 atom stereocenters. The SMILES string of the molecule is COC(=O)c1ccc(-n2cc3c4c(cccc42)N(C)C(=O)[C@@H](NC(=O)c2ncc(Cc4ccccc4)o2)C3)n1C. The minimum atomic E-state index is -0.840. The van der Waals surface area contributed by atoms with Crippen molar-refractivity contribution in [2.24, 2.45) is 7.05 Å². The predicted molar refractivity (Wildman–Crippen MR) is 148 cm³/mol. The summed E-state index contributed by atoms with van der Waals surface area (Å²) in [7, 11) is 4.84. The van der Waals surface area contributed by atoms with Crippen molar-refractivity contribution < 1.29 is 23.5 Å². The van der Waals surface area contributed by atoms with Gasteiger partial charge in [-0.2, -0.15) is 0 Å². The highest BCUT2D eigenvalue weighted by atomic mass is 16.5. The second-order valence-corrected chi connectivity index (χ2v) is 9.74. The van der Waals surface area contributed by atoms with Crippen LogP contribution in [0.15, 0.2) is 77.5 Å². The number of nitrogens with one attached hydrogen (secondary N) is 1. The van der Waals surface area contributed by atoms with E-state index in [0.29, 0.717) is 17.9 Å². The highest BCUT2D eigenvalue weighted by Crippen LogP contribution is 2.36. The zero-order chi connectivity index (χ0) is 28.0. The third kappa shape index (κ3) is 4.23. The minimum absolute atomic E-state index is 0.0926. The second-order valence-electron chi connectivity index (χ2n) is 9.74. The average molecular weight is 538 g/mol. The molecule has 202 valence electrons. The summed E-state index contributed by atoms with van der Waals surface area (Å²) in [4.78, 5) is 44.5. The van der Waals surface area contributed by atoms with E-state index in [1.54, 1.807) is 29.6 Å². The summed E-state index contributed by atoms with van der Waals surface area (Å²) in [6.07, 6.45) is 4.25. The van der Waals surface area contributed by atoms with Gasteiger partial charge in [-0.25, -0.2) is 9.78 Å². The second kappa shape index (κ2) is 9.88. The fourth-order valence-electron chi connectivity index (χ4n) is 5.31. The summed E-state index contributed by atoms with van der Waals surface area (Å²) in [6.45, 7) is 0. The molecular formula is C30H27N5O5. The molecule has 0 fully saturated rings. The van der Waals surface area contributed by atoms with Crippen molar-refractivity contribution in [2.75, 3.05) is 19.1 Å². The molecule has 0 aliphatic carbocycles. The first-order chi connectivity index (χ1) is 19.4. The van der Waals surface area contributed by atoms with Crippen LogP contribution >= 0.6 is 0 Å². The van der Waals surface area contributed by atoms with Crippen molar-refractivity contribution in [2.45, 2.75) is 18.9 Å². The number of esters is 1. The van der Waals surface area contributed by atoms with Gasteiger partial charge in [0.1, 0.15) is 23.3 Å². The number of methoxy groups -OCH3 is 1. The molecule has 2 amide bonds. The van der Waals surface area contributed by atoms with Gasteiger partial charge in [0.2, 0.25) is 5.91 Å². The molecule has 40 heavy (non-hydrogen) atoms. The van der Waals surface area contributed by atoms with Gasteiger partial charge >= 0.3 is 11.9 Å². The molecule has 2 aromatic carbocycles. The normalized spacial score (nSPS) is 14.8. The number of aromatic nitrogens is 3. The van der Waals surface area contributed by atoms with Crippen LogP contribution in [0.25, 0.3) is 16.7 Å². The fourth-order valence-corrected chi connectivity index (χ4v) is 5.31. The Labute approximate surface area is 229 Å². The Morgan fingerprint density at radius 3 is 2.65 bits per heavy atom. The lowest BCUT2D eigenvalue weighted by molar-refractivity contribution is -0.120. The summed E-state index contributed by atoms with van der Waals surface area (Å²) < 4.78 is 14.4. The first kappa shape index (κ1) is 25.2. The van der Waals surface area contributed by atoms with Crippen LogP contribution in [0.1, 0.15) is 38.1 Å². The number of likely N-dealkylation sites (N-methyl/N-ethyl adjacent to an activating group) is 1. The number of amides is 2. The van der Waals surface area contributed by atoms with E-state index in [4.69, 9.17) is 9.15 Å². The summed E-state index contributed by atoms with van der Waals surface area (Å²) in [5.41, 5.74) is 3.94. The smallest absolute Gasteiger partial charge is 0.354 e. The molecule has 10 heteroatoms. The van der Waals surface area contributed by atoms with Gasteiger partial charge in [-0.3, -0.25) is 9.59 Å². The molecular weight excluding hydrogens is 510 g/mol. The van der Waals surface area contributed by atoms with Gasteiger partial charge in [0, 0.05) is 38.5 Å². The highest BCUT2D eigenvalue weighted by molar-refractivity contribution is 6.09. The number of carbonyl (C=O) groups excluding carboxylic acids is 3. The Kier molecular flexibility index (Phi) is 6.22. The predicted octanol–water partition coefficient (Wildman–Crippen LogP) is 3.65. The molecule has 4 heterocycles. The molecule has 10 nitrogen and oxygen atoms in total. The van der Waals surface area contributed by atoms with E-state index in [1.807, 2.05) is 65.4 Å². The van der Waals surface area contributed by atoms with E-state index in [0.717, 1.165) is 33.5 Å². The number of carbonyl (C=O) groups is 3. The van der Waals surface area contributed by atoms with Crippen LogP contribution in [0.5, 0.6) is 0 Å². The van der Waals surface area contributed by atoms with Gasteiger partial charge in [0.15, 0.2) is 0 Å². The average Bonchev–Trinajstić information content (AvgIpc) is 3.67. The van der Waals surface area contributed by atoms with E-state index in [9.17, 15) is 14.4 Å². The van der Waals surface area contributed by atoms with Crippen LogP contribution in [0.4, 0.5) is 5.69 Å². The Morgan fingerprint density at radius 2 is 1.88 bits per heavy atom. The number of anilines is 1. The van der Waals surface area contributed by atoms with Gasteiger partial charge in [-0.05, 0) is 35.4 Å². The van der Waals surface area contributed by atoms with Crippen molar-refractivity contribution >= 4 is 34.4 Å². The zero-order valence-corrected chi connectivity index (χ0v) is 22.2. The van der Waals surface area contributed by atoms with Crippen LogP contribution < -0.4 is 10.2 Å². The van der Waals surface area contributed by atoms with Crippen LogP contribution in [0, 0.1) is 0 Å². The molecule has 6 rings (SSSR count). The van der Waals surface area contributed by atoms with E-state index in [2.05, 4.69) is 10.3 Å². The van der Waals surface area contributed by atoms with E-state index >= 15 is 0 Å². The molecule has 0 unspecified atom stereocenters. The maximum absolute atomic E-state index is 13.5. The fraction of sp³-hybridized carbons (Fsp3) is 0.200. The number of oxazole rings is 1. The molecule has 0 radical (unpaired) electrons. The lowest BCUT2D eigenvalue weighted by Gasteiger charge is -2.22. The monoisotopic (exact) mass is 537 g/mol. The molecule has 1 aliphatic rings. The summed E-state index contributed by atoms with van der Waals surface area (Å²) in [6, 6.07) is 18.2. The van der Waals surface area contributed by atoms with Gasteiger partial charge in [0.25, 0.3) is 5.89 Å². The first-order valence-corrected chi connectivity index (χ1v) is 12.8. The molecule has 0 bridgehead atoms. The Bertz CT molecular complexity index is 1760. The van der Waals surface area contributed by atoms with Crippen LogP contribution in [-0.2, 0) is 29.4 Å². The molecule has 1 aliphatic heterocycles. The van der Waals surface area contributed by atoms with Crippen molar-refractivity contribution in [3.63, 3.8) is 0 Å². The molecule has 0 spiro atoms. The third-order valence-electron chi connectivity index (χ3n) is 7.31. The van der Waals surface area contributed by atoms with Crippen LogP contribution in [-0.4, -0.2) is 52.1 Å². The lowest BCUT2D eigenvalue weighted by atomic mass is 10.1. The molecule has 3 aromatic heterocycles. The van der Waals surface area contributed by atoms with Crippen LogP contribution in [0.3, 0.4) is 0 Å². The Hall–Kier alpha value is -5.12. The Morgan fingerprint density at radius 1 is 1.07 bits per heavy atom. The maximum Gasteiger partial charge on any atom is 0.354 e. The van der Waals surface area contributed by atoms with Crippen LogP contribution in [0.2, 0.25) is 0 Å². The van der Waals surface area contributed by atoms with Crippen molar-refractivity contribution in [3.05, 3.63) is 102 Å². The number of hydrogen-bond acceptors (Lipinski definition) is 6. The van der Waals surface area contributed by atoms with Gasteiger partial charge in [0.05, 0.1) is 24.5 Å². The van der Waals surface area contributed by atoms with E-state index in [-0.39, 0.29) is 18.2 Å². The number of hydrogen-bond donors (Lipinski definition) is 1. The summed E-state index contributed by atoms with van der Waals surface area (Å²) >= 11 is 0. The molecule has 1 N–H and O–H groups in total. The summed E-state index contributed by atoms with van der Waals surface area (Å²) in [5.74, 6) is -0.0106. The lowest BCUT2D eigenvalue weighted by Crippen LogP contribution is -2.48. The first-order valence-electron chi connectivity index (χ1n) is 12.8. The molecule has 0 saturated carbocycles. The highest BCUT2D eigenvalue weighted by Gasteiger charge is 2.33. The van der Waals surface area contributed by atoms with Gasteiger partial charge in [-0.1, -0.05) is 36.4 Å². The van der Waals surface area contributed by atoms with E-state index in [1.165, 1.54) is 13.3 Å². The molecule has 0 saturated heterocycles. The maximum atomic E-state index is 13.5. The van der Waals surface area contributed by atoms with Gasteiger partial charge in [-0.15, -0.1) is 0 Å². The topological polar surface area (TPSA) is 112 Å². The molecule has 5 aromatic rings. The van der Waals surface area contributed by atoms with Crippen molar-refractivity contribution in [3.8, 4) is 5.82 Å². The zero-order valence-electron chi connectivity index (χ0n) is 22.2. The van der Waals surface area contributed by atoms with E-state index < -0.39 is 17.9 Å². The standard InChI is InChI=1S/C30H27N5O5/c1-33-24(30(38)39-3)12-13-25(33)35-17-19-15-21(29(37)34(2)22-10-7-11-23(35)26(19)22)32-27(36)28-31-16-20(40-28)14-18-8-5-4-6-9-18/h4-13,16-17,21H,14-15H2,1-3H3,(H,32,36)/t21-/m0/s1. The summed E-state index contributed by atoms with van der Waals surface area (Å²) in [5, 5.41) is 3.74. The number of benzene rings is 2.